The van der Waals surface area contributed by atoms with E-state index in [4.69, 9.17) is 9.15 Å². The zero-order chi connectivity index (χ0) is 21.4. The van der Waals surface area contributed by atoms with Crippen LogP contribution in [0.1, 0.15) is 33.3 Å². The van der Waals surface area contributed by atoms with E-state index >= 15 is 0 Å². The second-order valence-corrected chi connectivity index (χ2v) is 7.58. The summed E-state index contributed by atoms with van der Waals surface area (Å²) in [6, 6.07) is 24.0. The number of carbonyl (C=O) groups is 1. The van der Waals surface area contributed by atoms with Crippen LogP contribution < -0.4 is 10.2 Å². The predicted molar refractivity (Wildman–Crippen MR) is 119 cm³/mol. The van der Waals surface area contributed by atoms with E-state index in [2.05, 4.69) is 0 Å². The lowest BCUT2D eigenvalue weighted by molar-refractivity contribution is 0.0730. The molecular formula is C26H21NO4. The van der Waals surface area contributed by atoms with E-state index in [9.17, 15) is 9.59 Å². The Morgan fingerprint density at radius 3 is 2.35 bits per heavy atom. The van der Waals surface area contributed by atoms with Crippen molar-refractivity contribution in [3.63, 3.8) is 0 Å². The van der Waals surface area contributed by atoms with Gasteiger partial charge in [0.05, 0.1) is 24.1 Å². The van der Waals surface area contributed by atoms with Crippen LogP contribution in [0.4, 0.5) is 0 Å². The van der Waals surface area contributed by atoms with Crippen LogP contribution in [0.3, 0.4) is 0 Å². The molecule has 0 bridgehead atoms. The molecule has 1 atom stereocenters. The highest BCUT2D eigenvalue weighted by molar-refractivity contribution is 5.99. The maximum atomic E-state index is 13.4. The molecule has 5 nitrogen and oxygen atoms in total. The van der Waals surface area contributed by atoms with Gasteiger partial charge in [-0.1, -0.05) is 54.6 Å². The first-order valence-electron chi connectivity index (χ1n) is 10.2. The number of hydrogen-bond donors (Lipinski definition) is 0. The minimum atomic E-state index is -0.502. The van der Waals surface area contributed by atoms with Crippen molar-refractivity contribution in [3.8, 4) is 5.75 Å². The second-order valence-electron chi connectivity index (χ2n) is 7.58. The molecule has 0 aliphatic carbocycles. The summed E-state index contributed by atoms with van der Waals surface area (Å²) in [6.07, 6.45) is 0.681. The number of rotatable bonds is 5. The SMILES string of the molecule is COc1ccc([C@@H]2c3c(oc4ccccc4c3=O)C(=O)N2CCc2ccccc2)cc1. The number of benzene rings is 3. The molecule has 154 valence electrons. The van der Waals surface area contributed by atoms with Gasteiger partial charge in [0.2, 0.25) is 5.76 Å². The fourth-order valence-electron chi connectivity index (χ4n) is 4.22. The monoisotopic (exact) mass is 411 g/mol. The number of para-hydroxylation sites is 1. The Morgan fingerprint density at radius 2 is 1.61 bits per heavy atom. The van der Waals surface area contributed by atoms with Crippen molar-refractivity contribution in [1.29, 1.82) is 0 Å². The third-order valence-corrected chi connectivity index (χ3v) is 5.79. The van der Waals surface area contributed by atoms with Gasteiger partial charge in [-0.2, -0.15) is 0 Å². The summed E-state index contributed by atoms with van der Waals surface area (Å²) in [5, 5.41) is 0.484. The molecule has 1 amide bonds. The Balaban J connectivity index is 1.63. The lowest BCUT2D eigenvalue weighted by Crippen LogP contribution is -2.31. The maximum absolute atomic E-state index is 13.4. The minimum absolute atomic E-state index is 0.137. The first-order chi connectivity index (χ1) is 15.2. The van der Waals surface area contributed by atoms with Gasteiger partial charge in [-0.15, -0.1) is 0 Å². The number of nitrogens with zero attached hydrogens (tertiary/aromatic N) is 1. The van der Waals surface area contributed by atoms with E-state index in [1.807, 2.05) is 54.6 Å². The zero-order valence-corrected chi connectivity index (χ0v) is 17.1. The number of amides is 1. The van der Waals surface area contributed by atoms with Crippen LogP contribution in [0.15, 0.2) is 88.1 Å². The number of ether oxygens (including phenoxy) is 1. The smallest absolute Gasteiger partial charge is 0.290 e. The normalized spacial score (nSPS) is 15.3. The van der Waals surface area contributed by atoms with Gasteiger partial charge < -0.3 is 14.1 Å². The molecule has 4 aromatic rings. The average Bonchev–Trinajstić information content (AvgIpc) is 3.10. The number of methoxy groups -OCH3 is 1. The van der Waals surface area contributed by atoms with E-state index in [0.717, 1.165) is 16.9 Å². The van der Waals surface area contributed by atoms with Crippen LogP contribution in [0, 0.1) is 0 Å². The van der Waals surface area contributed by atoms with Gasteiger partial charge in [0.25, 0.3) is 5.91 Å². The highest BCUT2D eigenvalue weighted by atomic mass is 16.5. The zero-order valence-electron chi connectivity index (χ0n) is 17.1. The largest absolute Gasteiger partial charge is 0.497 e. The van der Waals surface area contributed by atoms with E-state index in [0.29, 0.717) is 29.5 Å². The van der Waals surface area contributed by atoms with Crippen molar-refractivity contribution < 1.29 is 13.9 Å². The van der Waals surface area contributed by atoms with Gasteiger partial charge in [-0.25, -0.2) is 0 Å². The van der Waals surface area contributed by atoms with Gasteiger partial charge in [0.1, 0.15) is 11.3 Å². The highest BCUT2D eigenvalue weighted by Crippen LogP contribution is 2.38. The van der Waals surface area contributed by atoms with Gasteiger partial charge in [-0.05, 0) is 41.8 Å². The first-order valence-corrected chi connectivity index (χ1v) is 10.2. The predicted octanol–water partition coefficient (Wildman–Crippen LogP) is 4.59. The number of hydrogen-bond acceptors (Lipinski definition) is 4. The van der Waals surface area contributed by atoms with Gasteiger partial charge in [0, 0.05) is 6.54 Å². The van der Waals surface area contributed by atoms with Crippen molar-refractivity contribution in [2.45, 2.75) is 12.5 Å². The fraction of sp³-hybridized carbons (Fsp3) is 0.154. The van der Waals surface area contributed by atoms with Crippen LogP contribution in [-0.2, 0) is 6.42 Å². The Bertz CT molecular complexity index is 1310. The van der Waals surface area contributed by atoms with Crippen LogP contribution in [-0.4, -0.2) is 24.5 Å². The molecule has 2 heterocycles. The molecule has 1 aromatic heterocycles. The standard InChI is InChI=1S/C26H21NO4/c1-30-19-13-11-18(12-14-19)23-22-24(28)20-9-5-6-10-21(20)31-25(22)26(29)27(23)16-15-17-7-3-2-4-8-17/h2-14,23H,15-16H2,1H3/t23-/m1/s1. The molecule has 0 unspecified atom stereocenters. The van der Waals surface area contributed by atoms with Gasteiger partial charge in [-0.3, -0.25) is 9.59 Å². The van der Waals surface area contributed by atoms with Gasteiger partial charge >= 0.3 is 0 Å². The number of carbonyl (C=O) groups excluding carboxylic acids is 1. The molecule has 5 heteroatoms. The maximum Gasteiger partial charge on any atom is 0.290 e. The number of fused-ring (bicyclic) bond motifs is 2. The Labute approximate surface area is 179 Å². The van der Waals surface area contributed by atoms with E-state index in [1.54, 1.807) is 36.3 Å². The van der Waals surface area contributed by atoms with E-state index in [1.165, 1.54) is 0 Å². The molecule has 0 spiro atoms. The molecule has 31 heavy (non-hydrogen) atoms. The molecule has 0 saturated carbocycles. The average molecular weight is 411 g/mol. The lowest BCUT2D eigenvalue weighted by Gasteiger charge is -2.25. The van der Waals surface area contributed by atoms with Crippen LogP contribution >= 0.6 is 0 Å². The molecule has 0 N–H and O–H groups in total. The summed E-state index contributed by atoms with van der Waals surface area (Å²) >= 11 is 0. The van der Waals surface area contributed by atoms with Crippen LogP contribution in [0.5, 0.6) is 5.75 Å². The Hall–Kier alpha value is -3.86. The van der Waals surface area contributed by atoms with Crippen LogP contribution in [0.2, 0.25) is 0 Å². The van der Waals surface area contributed by atoms with Crippen molar-refractivity contribution in [3.05, 3.63) is 112 Å². The van der Waals surface area contributed by atoms with Gasteiger partial charge in [0.15, 0.2) is 5.43 Å². The third kappa shape index (κ3) is 3.28. The molecule has 3 aromatic carbocycles. The second kappa shape index (κ2) is 7.76. The van der Waals surface area contributed by atoms with Crippen LogP contribution in [0.25, 0.3) is 11.0 Å². The summed E-state index contributed by atoms with van der Waals surface area (Å²) in [6.45, 7) is 0.472. The fourth-order valence-corrected chi connectivity index (χ4v) is 4.22. The summed E-state index contributed by atoms with van der Waals surface area (Å²) < 4.78 is 11.2. The third-order valence-electron chi connectivity index (χ3n) is 5.79. The molecule has 1 aliphatic heterocycles. The molecule has 0 saturated heterocycles. The lowest BCUT2D eigenvalue weighted by atomic mass is 9.98. The van der Waals surface area contributed by atoms with Crippen molar-refractivity contribution in [2.24, 2.45) is 0 Å². The van der Waals surface area contributed by atoms with Crippen molar-refractivity contribution in [2.75, 3.05) is 13.7 Å². The highest BCUT2D eigenvalue weighted by Gasteiger charge is 2.42. The van der Waals surface area contributed by atoms with E-state index < -0.39 is 6.04 Å². The summed E-state index contributed by atoms with van der Waals surface area (Å²) in [4.78, 5) is 28.6. The van der Waals surface area contributed by atoms with Crippen molar-refractivity contribution in [1.82, 2.24) is 4.90 Å². The summed E-state index contributed by atoms with van der Waals surface area (Å²) in [5.41, 5.74) is 2.65. The minimum Gasteiger partial charge on any atom is -0.497 e. The Kier molecular flexibility index (Phi) is 4.79. The molecule has 5 rings (SSSR count). The quantitative estimate of drug-likeness (QED) is 0.482. The topological polar surface area (TPSA) is 59.8 Å². The molecule has 1 aliphatic rings. The summed E-state index contributed by atoms with van der Waals surface area (Å²) in [7, 11) is 1.61. The Morgan fingerprint density at radius 1 is 0.903 bits per heavy atom. The molecule has 0 radical (unpaired) electrons. The van der Waals surface area contributed by atoms with E-state index in [-0.39, 0.29) is 17.1 Å². The molecular weight excluding hydrogens is 390 g/mol. The van der Waals surface area contributed by atoms with Crippen molar-refractivity contribution >= 4 is 16.9 Å². The first kappa shape index (κ1) is 19.1. The summed E-state index contributed by atoms with van der Waals surface area (Å²) in [5.74, 6) is 0.599. The molecule has 0 fully saturated rings.